The van der Waals surface area contributed by atoms with Crippen LogP contribution in [0.3, 0.4) is 0 Å². The topological polar surface area (TPSA) is 40.9 Å². The minimum atomic E-state index is 2.00. The van der Waals surface area contributed by atoms with Crippen molar-refractivity contribution in [2.75, 3.05) is 0 Å². The molecular weight excluding hydrogens is 97.9 g/mol. The number of rotatable bonds is 0. The molecule has 23 valence electrons. The summed E-state index contributed by atoms with van der Waals surface area (Å²) >= 11 is 2.00. The van der Waals surface area contributed by atoms with Crippen LogP contribution < -0.4 is 0 Å². The van der Waals surface area contributed by atoms with Gasteiger partial charge in [0, 0.05) is 0 Å². The van der Waals surface area contributed by atoms with E-state index in [2.05, 4.69) is 0 Å². The Kier molecular flexibility index (Phi) is 582. The summed E-state index contributed by atoms with van der Waals surface area (Å²) in [5.74, 6) is 0. The zero-order valence-electron chi connectivity index (χ0n) is 1.71. The van der Waals surface area contributed by atoms with Crippen molar-refractivity contribution in [3.8, 4) is 0 Å². The predicted octanol–water partition coefficient (Wildman–Crippen LogP) is -0.0249. The standard InChI is InChI=1S/CN.Fe.O/c1-2;;/q-1;+1;. The van der Waals surface area contributed by atoms with Crippen molar-refractivity contribution in [2.45, 2.75) is 0 Å². The molecule has 0 aliphatic rings. The van der Waals surface area contributed by atoms with Crippen LogP contribution in [0.1, 0.15) is 0 Å². The Morgan fingerprint density at radius 3 is 1.50 bits per heavy atom. The summed E-state index contributed by atoms with van der Waals surface area (Å²) < 4.78 is 8.00. The average molecular weight is 97.9 g/mol. The number of nitrogens with zero attached hydrogens (tertiary/aromatic N) is 1. The van der Waals surface area contributed by atoms with Gasteiger partial charge in [-0.1, -0.05) is 0 Å². The van der Waals surface area contributed by atoms with Crippen molar-refractivity contribution in [3.05, 3.63) is 6.57 Å². The molecular formula is CFeNO. The summed E-state index contributed by atoms with van der Waals surface area (Å²) in [5.41, 5.74) is 0. The molecule has 0 rings (SSSR count). The molecule has 3 heteroatoms. The van der Waals surface area contributed by atoms with E-state index in [0.717, 1.165) is 0 Å². The van der Waals surface area contributed by atoms with E-state index >= 15 is 0 Å². The van der Waals surface area contributed by atoms with E-state index in [1.165, 1.54) is 0 Å². The van der Waals surface area contributed by atoms with Crippen molar-refractivity contribution in [2.24, 2.45) is 0 Å². The van der Waals surface area contributed by atoms with Gasteiger partial charge in [0.1, 0.15) is 0 Å². The van der Waals surface area contributed by atoms with E-state index in [4.69, 9.17) is 15.7 Å². The molecule has 0 aliphatic heterocycles. The molecule has 0 saturated heterocycles. The molecule has 0 bridgehead atoms. The first-order chi connectivity index (χ1) is 2.00. The molecule has 0 amide bonds. The van der Waals surface area contributed by atoms with Gasteiger partial charge in [-0.15, -0.1) is 0 Å². The molecule has 0 fully saturated rings. The van der Waals surface area contributed by atoms with Crippen LogP contribution in [0.15, 0.2) is 0 Å². The molecule has 0 aliphatic carbocycles. The maximum atomic E-state index is 8.00. The average Bonchev–Trinajstić information content (AvgIpc) is 1.50. The number of hydrogen-bond acceptors (Lipinski definition) is 2. The van der Waals surface area contributed by atoms with E-state index in [1.807, 2.05) is 15.9 Å². The van der Waals surface area contributed by atoms with Gasteiger partial charge in [0.15, 0.2) is 0 Å². The van der Waals surface area contributed by atoms with Crippen molar-refractivity contribution >= 4 is 0 Å². The summed E-state index contributed by atoms with van der Waals surface area (Å²) in [7, 11) is 0. The zero-order valence-corrected chi connectivity index (χ0v) is 2.81. The van der Waals surface area contributed by atoms with Gasteiger partial charge in [-0.05, 0) is 0 Å². The molecule has 0 atom stereocenters. The quantitative estimate of drug-likeness (QED) is 0.315. The Morgan fingerprint density at radius 2 is 1.50 bits per heavy atom. The number of hydrogen-bond donors (Lipinski definition) is 0. The van der Waals surface area contributed by atoms with E-state index < -0.39 is 0 Å². The Bertz CT molecular complexity index is 19.2. The fourth-order valence-electron chi connectivity index (χ4n) is 0. The van der Waals surface area contributed by atoms with Gasteiger partial charge in [-0.2, -0.15) is 0 Å². The third kappa shape index (κ3) is 32.7. The third-order valence-corrected chi connectivity index (χ3v) is 0. The van der Waals surface area contributed by atoms with Gasteiger partial charge in [0.25, 0.3) is 0 Å². The summed E-state index contributed by atoms with van der Waals surface area (Å²) in [4.78, 5) is 0. The summed E-state index contributed by atoms with van der Waals surface area (Å²) in [6.45, 7) is 4.75. The first kappa shape index (κ1) is 9.18. The van der Waals surface area contributed by atoms with Gasteiger partial charge in [0.2, 0.25) is 0 Å². The third-order valence-electron chi connectivity index (χ3n) is 0. The molecule has 0 N–H and O–H groups in total. The Balaban J connectivity index is 0. The molecule has 0 saturated carbocycles. The molecule has 0 unspecified atom stereocenters. The fraction of sp³-hybridized carbons (Fsp3) is 0. The molecule has 2 nitrogen and oxygen atoms in total. The van der Waals surface area contributed by atoms with Gasteiger partial charge in [0.05, 0.1) is 0 Å². The molecule has 0 heterocycles. The van der Waals surface area contributed by atoms with Crippen LogP contribution in [-0.2, 0) is 19.8 Å². The normalized spacial score (nSPS) is 1.50. The molecule has 0 aromatic rings. The Morgan fingerprint density at radius 1 is 1.50 bits per heavy atom. The summed E-state index contributed by atoms with van der Waals surface area (Å²) in [5, 5.41) is 6.25. The van der Waals surface area contributed by atoms with E-state index in [1.54, 1.807) is 0 Å². The van der Waals surface area contributed by atoms with E-state index in [0.29, 0.717) is 0 Å². The second-order valence-corrected chi connectivity index (χ2v) is 0. The van der Waals surface area contributed by atoms with Crippen LogP contribution in [0.4, 0.5) is 0 Å². The molecule has 4 heavy (non-hydrogen) atoms. The Labute approximate surface area is 32.4 Å². The van der Waals surface area contributed by atoms with Crippen LogP contribution in [0.2, 0.25) is 0 Å². The van der Waals surface area contributed by atoms with Crippen LogP contribution >= 0.6 is 0 Å². The monoisotopic (exact) mass is 97.9 g/mol. The molecule has 0 aromatic carbocycles. The second kappa shape index (κ2) is 253. The van der Waals surface area contributed by atoms with Crippen LogP contribution in [0.5, 0.6) is 0 Å². The van der Waals surface area contributed by atoms with Gasteiger partial charge in [-0.3, -0.25) is 0 Å². The van der Waals surface area contributed by atoms with Crippen LogP contribution in [0.25, 0.3) is 0 Å². The molecule has 0 radical (unpaired) electrons. The molecule has 0 spiro atoms. The minimum absolute atomic E-state index is 2.00. The summed E-state index contributed by atoms with van der Waals surface area (Å²) in [6, 6.07) is 0. The van der Waals surface area contributed by atoms with Gasteiger partial charge in [-0.25, -0.2) is 0 Å². The van der Waals surface area contributed by atoms with Crippen molar-refractivity contribution < 1.29 is 19.8 Å². The zero-order chi connectivity index (χ0) is 4.00. The van der Waals surface area contributed by atoms with E-state index in [9.17, 15) is 0 Å². The first-order valence-electron chi connectivity index (χ1n) is 0.368. The predicted molar refractivity (Wildman–Crippen MR) is 5.65 cm³/mol. The summed E-state index contributed by atoms with van der Waals surface area (Å²) in [6.07, 6.45) is 0. The van der Waals surface area contributed by atoms with E-state index in [-0.39, 0.29) is 0 Å². The van der Waals surface area contributed by atoms with Crippen molar-refractivity contribution in [1.82, 2.24) is 0 Å². The maximum absolute atomic E-state index is 8.00. The Hall–Kier alpha value is -0.191. The first-order valence-corrected chi connectivity index (χ1v) is 0.819. The second-order valence-electron chi connectivity index (χ2n) is 0. The van der Waals surface area contributed by atoms with Gasteiger partial charge < -0.3 is 11.8 Å². The SMILES string of the molecule is [C-]#N.[O]=[Fe+]. The van der Waals surface area contributed by atoms with Crippen molar-refractivity contribution in [3.63, 3.8) is 0 Å². The van der Waals surface area contributed by atoms with Gasteiger partial charge >= 0.3 is 19.8 Å². The van der Waals surface area contributed by atoms with Crippen LogP contribution in [-0.4, -0.2) is 0 Å². The molecule has 0 aromatic heterocycles. The fourth-order valence-corrected chi connectivity index (χ4v) is 0. The van der Waals surface area contributed by atoms with Crippen molar-refractivity contribution in [1.29, 1.82) is 5.26 Å². The van der Waals surface area contributed by atoms with Crippen LogP contribution in [0, 0.1) is 11.8 Å².